The SMILES string of the molecule is C=CC/C(C)=C/CC/C(C)=C/C. The Labute approximate surface area is 76.7 Å². The Morgan fingerprint density at radius 1 is 1.25 bits per heavy atom. The van der Waals surface area contributed by atoms with Gasteiger partial charge in [-0.2, -0.15) is 0 Å². The quantitative estimate of drug-likeness (QED) is 0.533. The van der Waals surface area contributed by atoms with Gasteiger partial charge in [0.25, 0.3) is 0 Å². The van der Waals surface area contributed by atoms with E-state index < -0.39 is 0 Å². The maximum Gasteiger partial charge on any atom is -0.0144 e. The van der Waals surface area contributed by atoms with Crippen LogP contribution in [0.25, 0.3) is 0 Å². The van der Waals surface area contributed by atoms with Crippen LogP contribution in [-0.2, 0) is 0 Å². The maximum atomic E-state index is 3.71. The fraction of sp³-hybridized carbons (Fsp3) is 0.500. The first-order valence-corrected chi connectivity index (χ1v) is 4.59. The molecule has 0 aliphatic carbocycles. The summed E-state index contributed by atoms with van der Waals surface area (Å²) < 4.78 is 0. The summed E-state index contributed by atoms with van der Waals surface area (Å²) in [6.45, 7) is 10.1. The highest BCUT2D eigenvalue weighted by Gasteiger charge is 1.87. The summed E-state index contributed by atoms with van der Waals surface area (Å²) in [6, 6.07) is 0. The predicted molar refractivity (Wildman–Crippen MR) is 57.2 cm³/mol. The van der Waals surface area contributed by atoms with Crippen molar-refractivity contribution in [3.63, 3.8) is 0 Å². The van der Waals surface area contributed by atoms with Crippen LogP contribution in [0.3, 0.4) is 0 Å². The predicted octanol–water partition coefficient (Wildman–Crippen LogP) is 4.26. The van der Waals surface area contributed by atoms with Crippen LogP contribution in [0.2, 0.25) is 0 Å². The van der Waals surface area contributed by atoms with Crippen molar-refractivity contribution in [3.05, 3.63) is 36.0 Å². The van der Waals surface area contributed by atoms with Crippen molar-refractivity contribution in [2.24, 2.45) is 0 Å². The Balaban J connectivity index is 3.66. The minimum absolute atomic E-state index is 1.02. The van der Waals surface area contributed by atoms with Gasteiger partial charge in [-0.05, 0) is 40.0 Å². The molecular formula is C12H20. The molecule has 0 heterocycles. The molecule has 0 amide bonds. The Bertz CT molecular complexity index is 182. The topological polar surface area (TPSA) is 0 Å². The third kappa shape index (κ3) is 5.96. The number of hydrogen-bond acceptors (Lipinski definition) is 0. The minimum atomic E-state index is 1.02. The van der Waals surface area contributed by atoms with E-state index in [9.17, 15) is 0 Å². The summed E-state index contributed by atoms with van der Waals surface area (Å²) in [5.41, 5.74) is 2.89. The molecule has 0 fully saturated rings. The summed E-state index contributed by atoms with van der Waals surface area (Å²) in [5.74, 6) is 0. The molecule has 0 aromatic carbocycles. The molecule has 0 aromatic heterocycles. The maximum absolute atomic E-state index is 3.71. The molecule has 0 rings (SSSR count). The van der Waals surface area contributed by atoms with Gasteiger partial charge in [0.1, 0.15) is 0 Å². The van der Waals surface area contributed by atoms with Gasteiger partial charge < -0.3 is 0 Å². The second kappa shape index (κ2) is 6.90. The first-order chi connectivity index (χ1) is 5.70. The van der Waals surface area contributed by atoms with Crippen LogP contribution in [0, 0.1) is 0 Å². The molecule has 0 atom stereocenters. The fourth-order valence-corrected chi connectivity index (χ4v) is 1.00. The van der Waals surface area contributed by atoms with E-state index in [0.29, 0.717) is 0 Å². The zero-order valence-corrected chi connectivity index (χ0v) is 8.56. The normalized spacial score (nSPS) is 13.2. The van der Waals surface area contributed by atoms with Crippen molar-refractivity contribution in [3.8, 4) is 0 Å². The Hall–Kier alpha value is -0.780. The summed E-state index contributed by atoms with van der Waals surface area (Å²) >= 11 is 0. The Kier molecular flexibility index (Phi) is 6.45. The van der Waals surface area contributed by atoms with E-state index in [0.717, 1.165) is 12.8 Å². The van der Waals surface area contributed by atoms with Crippen molar-refractivity contribution >= 4 is 0 Å². The van der Waals surface area contributed by atoms with Crippen molar-refractivity contribution in [1.82, 2.24) is 0 Å². The highest BCUT2D eigenvalue weighted by molar-refractivity contribution is 5.05. The van der Waals surface area contributed by atoms with Crippen molar-refractivity contribution in [2.45, 2.75) is 40.0 Å². The van der Waals surface area contributed by atoms with Crippen molar-refractivity contribution in [2.75, 3.05) is 0 Å². The van der Waals surface area contributed by atoms with Gasteiger partial charge in [-0.1, -0.05) is 29.4 Å². The number of rotatable bonds is 5. The smallest absolute Gasteiger partial charge is 0.0144 e. The molecule has 0 unspecified atom stereocenters. The lowest BCUT2D eigenvalue weighted by Gasteiger charge is -1.97. The van der Waals surface area contributed by atoms with E-state index in [1.807, 2.05) is 6.08 Å². The van der Waals surface area contributed by atoms with E-state index in [1.54, 1.807) is 0 Å². The van der Waals surface area contributed by atoms with E-state index >= 15 is 0 Å². The van der Waals surface area contributed by atoms with Crippen LogP contribution in [0.4, 0.5) is 0 Å². The summed E-state index contributed by atoms with van der Waals surface area (Å²) in [6.07, 6.45) is 9.80. The van der Waals surface area contributed by atoms with E-state index in [4.69, 9.17) is 0 Å². The van der Waals surface area contributed by atoms with Gasteiger partial charge in [-0.15, -0.1) is 6.58 Å². The molecule has 0 heteroatoms. The molecule has 12 heavy (non-hydrogen) atoms. The molecule has 0 spiro atoms. The van der Waals surface area contributed by atoms with Crippen molar-refractivity contribution in [1.29, 1.82) is 0 Å². The van der Waals surface area contributed by atoms with Gasteiger partial charge in [0.05, 0.1) is 0 Å². The van der Waals surface area contributed by atoms with Crippen LogP contribution in [-0.4, -0.2) is 0 Å². The minimum Gasteiger partial charge on any atom is -0.103 e. The summed E-state index contributed by atoms with van der Waals surface area (Å²) in [7, 11) is 0. The summed E-state index contributed by atoms with van der Waals surface area (Å²) in [4.78, 5) is 0. The largest absolute Gasteiger partial charge is 0.103 e. The molecule has 0 nitrogen and oxygen atoms in total. The van der Waals surface area contributed by atoms with E-state index in [-0.39, 0.29) is 0 Å². The Morgan fingerprint density at radius 2 is 1.92 bits per heavy atom. The molecule has 0 N–H and O–H groups in total. The molecular weight excluding hydrogens is 144 g/mol. The zero-order chi connectivity index (χ0) is 9.40. The van der Waals surface area contributed by atoms with Crippen LogP contribution in [0.1, 0.15) is 40.0 Å². The lowest BCUT2D eigenvalue weighted by Crippen LogP contribution is -1.77. The average Bonchev–Trinajstić information content (AvgIpc) is 2.04. The molecule has 0 saturated heterocycles. The van der Waals surface area contributed by atoms with E-state index in [1.165, 1.54) is 17.6 Å². The van der Waals surface area contributed by atoms with Crippen LogP contribution >= 0.6 is 0 Å². The first-order valence-electron chi connectivity index (χ1n) is 4.59. The van der Waals surface area contributed by atoms with E-state index in [2.05, 4.69) is 39.5 Å². The molecule has 0 aromatic rings. The third-order valence-corrected chi connectivity index (χ3v) is 1.99. The fourth-order valence-electron chi connectivity index (χ4n) is 1.00. The molecule has 0 radical (unpaired) electrons. The standard InChI is InChI=1S/C12H20/c1-5-8-12(4)10-7-9-11(3)6-2/h5-6,10H,1,7-9H2,2-4H3/b11-6+,12-10+. The molecule has 0 saturated carbocycles. The average molecular weight is 164 g/mol. The highest BCUT2D eigenvalue weighted by Crippen LogP contribution is 2.08. The van der Waals surface area contributed by atoms with Crippen molar-refractivity contribution < 1.29 is 0 Å². The molecule has 0 bridgehead atoms. The van der Waals surface area contributed by atoms with Gasteiger partial charge in [0.2, 0.25) is 0 Å². The molecule has 0 aliphatic heterocycles. The summed E-state index contributed by atoms with van der Waals surface area (Å²) in [5, 5.41) is 0. The lowest BCUT2D eigenvalue weighted by molar-refractivity contribution is 0.957. The van der Waals surface area contributed by atoms with Crippen LogP contribution < -0.4 is 0 Å². The molecule has 0 aliphatic rings. The lowest BCUT2D eigenvalue weighted by atomic mass is 10.1. The van der Waals surface area contributed by atoms with Crippen LogP contribution in [0.5, 0.6) is 0 Å². The highest BCUT2D eigenvalue weighted by atomic mass is 13.9. The second-order valence-corrected chi connectivity index (χ2v) is 3.22. The zero-order valence-electron chi connectivity index (χ0n) is 8.56. The van der Waals surface area contributed by atoms with Gasteiger partial charge in [0.15, 0.2) is 0 Å². The first kappa shape index (κ1) is 11.2. The monoisotopic (exact) mass is 164 g/mol. The van der Waals surface area contributed by atoms with Gasteiger partial charge in [-0.25, -0.2) is 0 Å². The van der Waals surface area contributed by atoms with Crippen LogP contribution in [0.15, 0.2) is 36.0 Å². The third-order valence-electron chi connectivity index (χ3n) is 1.99. The van der Waals surface area contributed by atoms with Gasteiger partial charge in [0, 0.05) is 0 Å². The molecule has 68 valence electrons. The Morgan fingerprint density at radius 3 is 2.42 bits per heavy atom. The second-order valence-electron chi connectivity index (χ2n) is 3.22. The number of allylic oxidation sites excluding steroid dienone is 5. The van der Waals surface area contributed by atoms with Gasteiger partial charge >= 0.3 is 0 Å². The van der Waals surface area contributed by atoms with Gasteiger partial charge in [-0.3, -0.25) is 0 Å². The number of hydrogen-bond donors (Lipinski definition) is 0.